The number of hydrogen-bond acceptors (Lipinski definition) is 2. The van der Waals surface area contributed by atoms with Gasteiger partial charge in [0, 0.05) is 19.6 Å². The maximum Gasteiger partial charge on any atom is 0.239 e. The third-order valence-electron chi connectivity index (χ3n) is 4.13. The third kappa shape index (κ3) is 2.63. The maximum atomic E-state index is 13.0. The molecule has 2 fully saturated rings. The molecule has 102 valence electrons. The van der Waals surface area contributed by atoms with Crippen LogP contribution in [0, 0.1) is 11.7 Å². The first-order chi connectivity index (χ1) is 9.15. The summed E-state index contributed by atoms with van der Waals surface area (Å²) in [6, 6.07) is 6.74. The number of likely N-dealkylation sites (tertiary alicyclic amines) is 1. The van der Waals surface area contributed by atoms with Crippen LogP contribution in [0.15, 0.2) is 24.3 Å². The number of carbonyl (C=O) groups excluding carboxylic acids is 1. The molecule has 1 heterocycles. The van der Waals surface area contributed by atoms with E-state index in [1.807, 2.05) is 19.2 Å². The van der Waals surface area contributed by atoms with Gasteiger partial charge in [-0.25, -0.2) is 4.39 Å². The van der Waals surface area contributed by atoms with Crippen LogP contribution < -0.4 is 5.32 Å². The minimum atomic E-state index is -0.213. The first-order valence-corrected chi connectivity index (χ1v) is 6.91. The molecule has 1 saturated carbocycles. The number of nitrogens with zero attached hydrogens (tertiary/aromatic N) is 1. The highest BCUT2D eigenvalue weighted by molar-refractivity contribution is 5.83. The molecule has 2 unspecified atom stereocenters. The molecule has 3 nitrogen and oxygen atoms in total. The normalized spacial score (nSPS) is 24.8. The Kier molecular flexibility index (Phi) is 3.27. The number of halogens is 1. The average molecular weight is 262 g/mol. The van der Waals surface area contributed by atoms with Crippen molar-refractivity contribution in [2.75, 3.05) is 13.6 Å². The van der Waals surface area contributed by atoms with Gasteiger partial charge in [0.2, 0.25) is 5.91 Å². The second kappa shape index (κ2) is 4.93. The quantitative estimate of drug-likeness (QED) is 0.901. The van der Waals surface area contributed by atoms with Crippen LogP contribution in [0.2, 0.25) is 0 Å². The van der Waals surface area contributed by atoms with E-state index < -0.39 is 0 Å². The van der Waals surface area contributed by atoms with Crippen molar-refractivity contribution >= 4 is 5.91 Å². The predicted molar refractivity (Wildman–Crippen MR) is 71.0 cm³/mol. The van der Waals surface area contributed by atoms with E-state index in [1.165, 1.54) is 25.0 Å². The molecule has 1 N–H and O–H groups in total. The highest BCUT2D eigenvalue weighted by Gasteiger charge is 2.37. The minimum absolute atomic E-state index is 0.0827. The highest BCUT2D eigenvalue weighted by atomic mass is 19.1. The van der Waals surface area contributed by atoms with E-state index in [-0.39, 0.29) is 23.8 Å². The van der Waals surface area contributed by atoms with E-state index in [0.29, 0.717) is 5.92 Å². The van der Waals surface area contributed by atoms with E-state index in [0.717, 1.165) is 18.5 Å². The molecule has 1 aliphatic heterocycles. The predicted octanol–water partition coefficient (Wildman–Crippen LogP) is 2.10. The van der Waals surface area contributed by atoms with E-state index in [9.17, 15) is 9.18 Å². The van der Waals surface area contributed by atoms with Crippen LogP contribution in [0.1, 0.15) is 30.9 Å². The van der Waals surface area contributed by atoms with Crippen molar-refractivity contribution < 1.29 is 9.18 Å². The number of hydrogen-bond donors (Lipinski definition) is 1. The van der Waals surface area contributed by atoms with Gasteiger partial charge in [0.15, 0.2) is 0 Å². The third-order valence-corrected chi connectivity index (χ3v) is 4.13. The summed E-state index contributed by atoms with van der Waals surface area (Å²) in [5.74, 6) is 0.548. The van der Waals surface area contributed by atoms with E-state index in [4.69, 9.17) is 0 Å². The van der Waals surface area contributed by atoms with Gasteiger partial charge in [0.25, 0.3) is 0 Å². The lowest BCUT2D eigenvalue weighted by atomic mass is 10.0. The van der Waals surface area contributed by atoms with Gasteiger partial charge in [0.05, 0.1) is 6.04 Å². The number of rotatable bonds is 4. The number of benzene rings is 1. The lowest BCUT2D eigenvalue weighted by Gasteiger charge is -2.22. The first kappa shape index (κ1) is 12.6. The Hall–Kier alpha value is -1.42. The Bertz CT molecular complexity index is 470. The molecular weight excluding hydrogens is 243 g/mol. The van der Waals surface area contributed by atoms with Crippen molar-refractivity contribution in [2.24, 2.45) is 5.92 Å². The zero-order valence-electron chi connectivity index (χ0n) is 11.1. The number of amides is 1. The number of nitrogens with one attached hydrogen (secondary N) is 1. The van der Waals surface area contributed by atoms with Gasteiger partial charge in [-0.05, 0) is 42.9 Å². The monoisotopic (exact) mass is 262 g/mol. The Labute approximate surface area is 112 Å². The molecule has 1 aliphatic carbocycles. The summed E-state index contributed by atoms with van der Waals surface area (Å²) in [6.07, 6.45) is 3.23. The van der Waals surface area contributed by atoms with Gasteiger partial charge >= 0.3 is 0 Å². The first-order valence-electron chi connectivity index (χ1n) is 6.91. The summed E-state index contributed by atoms with van der Waals surface area (Å²) in [5, 5.41) is 3.48. The molecule has 1 amide bonds. The van der Waals surface area contributed by atoms with Gasteiger partial charge in [-0.15, -0.1) is 0 Å². The van der Waals surface area contributed by atoms with Gasteiger partial charge < -0.3 is 4.90 Å². The fraction of sp³-hybridized carbons (Fsp3) is 0.533. The zero-order chi connectivity index (χ0) is 13.4. The molecule has 1 aromatic carbocycles. The number of carbonyl (C=O) groups is 1. The molecule has 3 rings (SSSR count). The number of likely N-dealkylation sites (N-methyl/N-ethyl adjacent to an activating group) is 1. The van der Waals surface area contributed by atoms with Crippen molar-refractivity contribution in [3.63, 3.8) is 0 Å². The Morgan fingerprint density at radius 3 is 2.47 bits per heavy atom. The Balaban J connectivity index is 1.75. The van der Waals surface area contributed by atoms with Crippen molar-refractivity contribution in [1.29, 1.82) is 0 Å². The van der Waals surface area contributed by atoms with Gasteiger partial charge in [-0.2, -0.15) is 0 Å². The molecule has 2 aliphatic rings. The van der Waals surface area contributed by atoms with E-state index in [1.54, 1.807) is 4.90 Å². The maximum absolute atomic E-state index is 13.0. The van der Waals surface area contributed by atoms with Crippen molar-refractivity contribution in [1.82, 2.24) is 10.2 Å². The Morgan fingerprint density at radius 1 is 1.26 bits per heavy atom. The van der Waals surface area contributed by atoms with E-state index in [2.05, 4.69) is 5.32 Å². The van der Waals surface area contributed by atoms with Crippen molar-refractivity contribution in [3.05, 3.63) is 35.6 Å². The molecule has 1 aromatic rings. The summed E-state index contributed by atoms with van der Waals surface area (Å²) in [6.45, 7) is 0.817. The van der Waals surface area contributed by atoms with E-state index >= 15 is 0 Å². The summed E-state index contributed by atoms with van der Waals surface area (Å²) in [7, 11) is 1.84. The van der Waals surface area contributed by atoms with Crippen LogP contribution in [0.25, 0.3) is 0 Å². The highest BCUT2D eigenvalue weighted by Crippen LogP contribution is 2.41. The molecule has 0 radical (unpaired) electrons. The van der Waals surface area contributed by atoms with Crippen LogP contribution in [-0.4, -0.2) is 30.4 Å². The van der Waals surface area contributed by atoms with Gasteiger partial charge in [-0.1, -0.05) is 12.1 Å². The summed E-state index contributed by atoms with van der Waals surface area (Å²) >= 11 is 0. The smallest absolute Gasteiger partial charge is 0.239 e. The largest absolute Gasteiger partial charge is 0.344 e. The molecule has 0 spiro atoms. The summed E-state index contributed by atoms with van der Waals surface area (Å²) in [5.41, 5.74) is 1.09. The van der Waals surface area contributed by atoms with Crippen molar-refractivity contribution in [2.45, 2.75) is 31.3 Å². The SMILES string of the molecule is CN1CCC(NC(c2ccc(F)cc2)C2CC2)C1=O. The lowest BCUT2D eigenvalue weighted by Crippen LogP contribution is -2.39. The molecular formula is C15H19FN2O. The molecule has 19 heavy (non-hydrogen) atoms. The molecule has 1 saturated heterocycles. The molecule has 0 bridgehead atoms. The standard InChI is InChI=1S/C15H19FN2O/c1-18-9-8-13(15(18)19)17-14(10-2-3-10)11-4-6-12(16)7-5-11/h4-7,10,13-14,17H,2-3,8-9H2,1H3. The van der Waals surface area contributed by atoms with Crippen molar-refractivity contribution in [3.8, 4) is 0 Å². The van der Waals surface area contributed by atoms with Crippen LogP contribution in [0.5, 0.6) is 0 Å². The molecule has 4 heteroatoms. The Morgan fingerprint density at radius 2 is 1.95 bits per heavy atom. The van der Waals surface area contributed by atoms with Crippen LogP contribution in [0.4, 0.5) is 4.39 Å². The summed E-state index contributed by atoms with van der Waals surface area (Å²) in [4.78, 5) is 13.7. The lowest BCUT2D eigenvalue weighted by molar-refractivity contribution is -0.128. The van der Waals surface area contributed by atoms with Crippen LogP contribution in [-0.2, 0) is 4.79 Å². The average Bonchev–Trinajstić information content (AvgIpc) is 3.19. The second-order valence-corrected chi connectivity index (χ2v) is 5.63. The fourth-order valence-corrected chi connectivity index (χ4v) is 2.80. The van der Waals surface area contributed by atoms with Gasteiger partial charge in [-0.3, -0.25) is 10.1 Å². The van der Waals surface area contributed by atoms with Crippen LogP contribution in [0.3, 0.4) is 0 Å². The summed E-state index contributed by atoms with van der Waals surface area (Å²) < 4.78 is 13.0. The zero-order valence-corrected chi connectivity index (χ0v) is 11.1. The molecule has 0 aromatic heterocycles. The van der Waals surface area contributed by atoms with Gasteiger partial charge in [0.1, 0.15) is 5.82 Å². The second-order valence-electron chi connectivity index (χ2n) is 5.63. The minimum Gasteiger partial charge on any atom is -0.344 e. The van der Waals surface area contributed by atoms with Crippen LogP contribution >= 0.6 is 0 Å². The fourth-order valence-electron chi connectivity index (χ4n) is 2.80. The molecule has 2 atom stereocenters. The topological polar surface area (TPSA) is 32.3 Å².